The molecule has 2 heteroatoms. The predicted molar refractivity (Wildman–Crippen MR) is 66.2 cm³/mol. The van der Waals surface area contributed by atoms with Gasteiger partial charge in [-0.1, -0.05) is 13.0 Å². The van der Waals surface area contributed by atoms with E-state index in [1.807, 2.05) is 13.0 Å². The molecule has 1 nitrogen and oxygen atoms in total. The highest BCUT2D eigenvalue weighted by molar-refractivity contribution is 5.51. The van der Waals surface area contributed by atoms with Crippen LogP contribution in [0.25, 0.3) is 0 Å². The second-order valence-electron chi connectivity index (χ2n) is 5.06. The highest BCUT2D eigenvalue weighted by Gasteiger charge is 2.18. The first-order valence-electron chi connectivity index (χ1n) is 6.18. The molecule has 88 valence electrons. The van der Waals surface area contributed by atoms with Crippen LogP contribution < -0.4 is 5.32 Å². The smallest absolute Gasteiger partial charge is 0.125 e. The van der Waals surface area contributed by atoms with Crippen molar-refractivity contribution in [1.29, 1.82) is 0 Å². The summed E-state index contributed by atoms with van der Waals surface area (Å²) in [4.78, 5) is 0. The molecule has 0 unspecified atom stereocenters. The van der Waals surface area contributed by atoms with Gasteiger partial charge in [-0.3, -0.25) is 0 Å². The Morgan fingerprint density at radius 1 is 1.19 bits per heavy atom. The third-order valence-electron chi connectivity index (χ3n) is 3.58. The van der Waals surface area contributed by atoms with Crippen molar-refractivity contribution >= 4 is 5.69 Å². The van der Waals surface area contributed by atoms with Crippen molar-refractivity contribution in [1.82, 2.24) is 0 Å². The Morgan fingerprint density at radius 2 is 1.88 bits per heavy atom. The van der Waals surface area contributed by atoms with Crippen molar-refractivity contribution in [2.75, 3.05) is 5.32 Å². The summed E-state index contributed by atoms with van der Waals surface area (Å²) >= 11 is 0. The zero-order valence-corrected chi connectivity index (χ0v) is 10.1. The van der Waals surface area contributed by atoms with Crippen molar-refractivity contribution < 1.29 is 4.39 Å². The van der Waals surface area contributed by atoms with Crippen LogP contribution in [0.4, 0.5) is 10.1 Å². The van der Waals surface area contributed by atoms with Crippen LogP contribution in [0.15, 0.2) is 18.2 Å². The van der Waals surface area contributed by atoms with E-state index >= 15 is 0 Å². The van der Waals surface area contributed by atoms with E-state index in [9.17, 15) is 4.39 Å². The number of hydrogen-bond donors (Lipinski definition) is 1. The minimum atomic E-state index is -0.155. The second-order valence-corrected chi connectivity index (χ2v) is 5.06. The standard InChI is InChI=1S/C14H20FN/c1-10-3-7-13(8-4-10)16-14-9-12(15)6-5-11(14)2/h5-6,9-10,13,16H,3-4,7-8H2,1-2H3. The molecule has 1 aromatic rings. The quantitative estimate of drug-likeness (QED) is 0.792. The molecule has 0 heterocycles. The Bertz CT molecular complexity index is 354. The van der Waals surface area contributed by atoms with E-state index in [1.54, 1.807) is 6.07 Å². The van der Waals surface area contributed by atoms with Crippen LogP contribution in [0.5, 0.6) is 0 Å². The first kappa shape index (κ1) is 11.4. The van der Waals surface area contributed by atoms with E-state index in [1.165, 1.54) is 31.7 Å². The van der Waals surface area contributed by atoms with Crippen LogP contribution in [0.1, 0.15) is 38.2 Å². The van der Waals surface area contributed by atoms with E-state index in [4.69, 9.17) is 0 Å². The summed E-state index contributed by atoms with van der Waals surface area (Å²) in [6.07, 6.45) is 4.98. The molecule has 0 saturated heterocycles. The number of anilines is 1. The van der Waals surface area contributed by atoms with E-state index in [0.29, 0.717) is 6.04 Å². The van der Waals surface area contributed by atoms with Gasteiger partial charge in [-0.25, -0.2) is 4.39 Å². The number of hydrogen-bond acceptors (Lipinski definition) is 1. The van der Waals surface area contributed by atoms with Crippen LogP contribution in [0.3, 0.4) is 0 Å². The average Bonchev–Trinajstić information content (AvgIpc) is 2.27. The van der Waals surface area contributed by atoms with E-state index in [0.717, 1.165) is 17.2 Å². The fraction of sp³-hybridized carbons (Fsp3) is 0.571. The monoisotopic (exact) mass is 221 g/mol. The Labute approximate surface area is 97.1 Å². The van der Waals surface area contributed by atoms with Gasteiger partial charge in [0.15, 0.2) is 0 Å². The number of aryl methyl sites for hydroxylation is 1. The molecule has 0 amide bonds. The van der Waals surface area contributed by atoms with Gasteiger partial charge in [-0.05, 0) is 56.2 Å². The molecule has 0 spiro atoms. The van der Waals surface area contributed by atoms with Gasteiger partial charge in [0.1, 0.15) is 5.82 Å². The molecule has 0 atom stereocenters. The zero-order valence-electron chi connectivity index (χ0n) is 10.1. The molecule has 0 aromatic heterocycles. The maximum Gasteiger partial charge on any atom is 0.125 e. The Morgan fingerprint density at radius 3 is 2.56 bits per heavy atom. The first-order valence-corrected chi connectivity index (χ1v) is 6.18. The maximum atomic E-state index is 13.1. The normalized spacial score (nSPS) is 25.4. The lowest BCUT2D eigenvalue weighted by atomic mass is 9.87. The summed E-state index contributed by atoms with van der Waals surface area (Å²) in [5, 5.41) is 3.47. The van der Waals surface area contributed by atoms with Gasteiger partial charge in [0.25, 0.3) is 0 Å². The molecule has 1 aliphatic carbocycles. The van der Waals surface area contributed by atoms with Crippen molar-refractivity contribution in [3.63, 3.8) is 0 Å². The lowest BCUT2D eigenvalue weighted by molar-refractivity contribution is 0.361. The third-order valence-corrected chi connectivity index (χ3v) is 3.58. The van der Waals surface area contributed by atoms with Gasteiger partial charge < -0.3 is 5.32 Å². The summed E-state index contributed by atoms with van der Waals surface area (Å²) in [5.74, 6) is 0.698. The van der Waals surface area contributed by atoms with Crippen molar-refractivity contribution in [3.8, 4) is 0 Å². The minimum absolute atomic E-state index is 0.155. The molecular formula is C14H20FN. The van der Waals surface area contributed by atoms with Crippen molar-refractivity contribution in [2.45, 2.75) is 45.6 Å². The lowest BCUT2D eigenvalue weighted by Gasteiger charge is -2.28. The van der Waals surface area contributed by atoms with E-state index in [-0.39, 0.29) is 5.82 Å². The Balaban J connectivity index is 2.00. The topological polar surface area (TPSA) is 12.0 Å². The van der Waals surface area contributed by atoms with Gasteiger partial charge in [-0.15, -0.1) is 0 Å². The molecule has 0 aliphatic heterocycles. The Kier molecular flexibility index (Phi) is 3.47. The summed E-state index contributed by atoms with van der Waals surface area (Å²) in [5.41, 5.74) is 2.08. The largest absolute Gasteiger partial charge is 0.382 e. The summed E-state index contributed by atoms with van der Waals surface area (Å²) in [6, 6.07) is 5.48. The molecule has 16 heavy (non-hydrogen) atoms. The molecule has 1 saturated carbocycles. The van der Waals surface area contributed by atoms with Crippen LogP contribution in [-0.2, 0) is 0 Å². The highest BCUT2D eigenvalue weighted by Crippen LogP contribution is 2.27. The number of rotatable bonds is 2. The molecule has 1 aromatic carbocycles. The van der Waals surface area contributed by atoms with Crippen molar-refractivity contribution in [2.24, 2.45) is 5.92 Å². The molecule has 0 radical (unpaired) electrons. The third kappa shape index (κ3) is 2.75. The van der Waals surface area contributed by atoms with Crippen LogP contribution in [0.2, 0.25) is 0 Å². The molecule has 1 aliphatic rings. The molecule has 0 bridgehead atoms. The van der Waals surface area contributed by atoms with Crippen LogP contribution in [0, 0.1) is 18.7 Å². The SMILES string of the molecule is Cc1ccc(F)cc1NC1CCC(C)CC1. The van der Waals surface area contributed by atoms with Gasteiger partial charge >= 0.3 is 0 Å². The molecular weight excluding hydrogens is 201 g/mol. The second kappa shape index (κ2) is 4.86. The van der Waals surface area contributed by atoms with Gasteiger partial charge in [0, 0.05) is 11.7 Å². The van der Waals surface area contributed by atoms with E-state index in [2.05, 4.69) is 12.2 Å². The lowest BCUT2D eigenvalue weighted by Crippen LogP contribution is -2.25. The molecule has 2 rings (SSSR count). The van der Waals surface area contributed by atoms with Crippen molar-refractivity contribution in [3.05, 3.63) is 29.6 Å². The molecule has 1 fully saturated rings. The zero-order chi connectivity index (χ0) is 11.5. The summed E-state index contributed by atoms with van der Waals surface area (Å²) < 4.78 is 13.1. The van der Waals surface area contributed by atoms with Crippen LogP contribution in [-0.4, -0.2) is 6.04 Å². The van der Waals surface area contributed by atoms with Crippen LogP contribution >= 0.6 is 0 Å². The number of nitrogens with one attached hydrogen (secondary N) is 1. The minimum Gasteiger partial charge on any atom is -0.382 e. The number of benzene rings is 1. The van der Waals surface area contributed by atoms with Gasteiger partial charge in [0.05, 0.1) is 0 Å². The van der Waals surface area contributed by atoms with E-state index < -0.39 is 0 Å². The fourth-order valence-electron chi connectivity index (χ4n) is 2.37. The maximum absolute atomic E-state index is 13.1. The summed E-state index contributed by atoms with van der Waals surface area (Å²) in [7, 11) is 0. The summed E-state index contributed by atoms with van der Waals surface area (Å²) in [6.45, 7) is 4.33. The first-order chi connectivity index (χ1) is 7.65. The fourth-order valence-corrected chi connectivity index (χ4v) is 2.37. The Hall–Kier alpha value is -1.05. The highest BCUT2D eigenvalue weighted by atomic mass is 19.1. The predicted octanol–water partition coefficient (Wildman–Crippen LogP) is 4.12. The van der Waals surface area contributed by atoms with Gasteiger partial charge in [0.2, 0.25) is 0 Å². The van der Waals surface area contributed by atoms with Gasteiger partial charge in [-0.2, -0.15) is 0 Å². The molecule has 1 N–H and O–H groups in total. The number of halogens is 1. The average molecular weight is 221 g/mol.